The van der Waals surface area contributed by atoms with Crippen molar-refractivity contribution in [1.82, 2.24) is 0 Å². The lowest BCUT2D eigenvalue weighted by Gasteiger charge is -2.05. The van der Waals surface area contributed by atoms with E-state index < -0.39 is 0 Å². The monoisotopic (exact) mass is 237 g/mol. The minimum Gasteiger partial charge on any atom is -0.409 e. The fourth-order valence-electron chi connectivity index (χ4n) is 1.62. The smallest absolute Gasteiger partial charge is 0.142 e. The van der Waals surface area contributed by atoms with Crippen molar-refractivity contribution in [3.63, 3.8) is 0 Å². The molecule has 3 N–H and O–H groups in total. The number of oxime groups is 2. The van der Waals surface area contributed by atoms with Gasteiger partial charge in [-0.05, 0) is 17.7 Å². The number of nitrogens with two attached hydrogens (primary N) is 1. The van der Waals surface area contributed by atoms with Crippen molar-refractivity contribution in [3.05, 3.63) is 35.6 Å². The topological polar surface area (TPSA) is 80.2 Å². The van der Waals surface area contributed by atoms with Crippen LogP contribution in [0.25, 0.3) is 0 Å². The van der Waals surface area contributed by atoms with E-state index in [0.29, 0.717) is 12.8 Å². The van der Waals surface area contributed by atoms with Gasteiger partial charge in [-0.2, -0.15) is 0 Å². The van der Waals surface area contributed by atoms with Gasteiger partial charge in [-0.25, -0.2) is 4.39 Å². The molecule has 0 spiro atoms. The Morgan fingerprint density at radius 2 is 2.24 bits per heavy atom. The molecule has 1 aliphatic rings. The van der Waals surface area contributed by atoms with E-state index in [1.807, 2.05) is 0 Å². The van der Waals surface area contributed by atoms with Crippen LogP contribution in [0.1, 0.15) is 18.4 Å². The molecular weight excluding hydrogens is 225 g/mol. The molecule has 1 aromatic carbocycles. The molecule has 0 saturated carbocycles. The second kappa shape index (κ2) is 4.82. The van der Waals surface area contributed by atoms with E-state index in [4.69, 9.17) is 15.8 Å². The molecule has 1 heterocycles. The van der Waals surface area contributed by atoms with Crippen molar-refractivity contribution in [1.29, 1.82) is 0 Å². The van der Waals surface area contributed by atoms with Gasteiger partial charge in [-0.3, -0.25) is 0 Å². The highest BCUT2D eigenvalue weighted by atomic mass is 19.1. The first-order valence-corrected chi connectivity index (χ1v) is 5.14. The quantitative estimate of drug-likeness (QED) is 0.361. The molecule has 1 aromatic rings. The van der Waals surface area contributed by atoms with Crippen LogP contribution in [0.4, 0.5) is 4.39 Å². The number of amidine groups is 1. The first kappa shape index (κ1) is 11.4. The normalized spacial score (nSPS) is 19.9. The lowest BCUT2D eigenvalue weighted by atomic mass is 10.0. The van der Waals surface area contributed by atoms with E-state index >= 15 is 0 Å². The van der Waals surface area contributed by atoms with Gasteiger partial charge in [0.2, 0.25) is 0 Å². The molecule has 0 amide bonds. The van der Waals surface area contributed by atoms with Gasteiger partial charge in [0.25, 0.3) is 0 Å². The van der Waals surface area contributed by atoms with E-state index in [0.717, 1.165) is 11.3 Å². The average Bonchev–Trinajstić information content (AvgIpc) is 2.78. The largest absolute Gasteiger partial charge is 0.409 e. The van der Waals surface area contributed by atoms with Crippen molar-refractivity contribution < 1.29 is 14.4 Å². The van der Waals surface area contributed by atoms with E-state index in [-0.39, 0.29) is 17.8 Å². The van der Waals surface area contributed by atoms with Crippen LogP contribution >= 0.6 is 0 Å². The van der Waals surface area contributed by atoms with Crippen LogP contribution in [0.5, 0.6) is 0 Å². The Labute approximate surface area is 97.4 Å². The Balaban J connectivity index is 2.00. The molecule has 90 valence electrons. The molecule has 0 aliphatic carbocycles. The number of benzene rings is 1. The minimum absolute atomic E-state index is 0.102. The van der Waals surface area contributed by atoms with Gasteiger partial charge in [0.15, 0.2) is 0 Å². The van der Waals surface area contributed by atoms with Gasteiger partial charge < -0.3 is 15.8 Å². The molecule has 0 radical (unpaired) electrons. The molecule has 0 unspecified atom stereocenters. The fraction of sp³-hybridized carbons (Fsp3) is 0.273. The number of rotatable bonds is 3. The fourth-order valence-corrected chi connectivity index (χ4v) is 1.62. The molecule has 2 rings (SSSR count). The number of hydrogen-bond acceptors (Lipinski definition) is 4. The maximum atomic E-state index is 12.7. The lowest BCUT2D eigenvalue weighted by molar-refractivity contribution is 0.0901. The van der Waals surface area contributed by atoms with E-state index in [1.165, 1.54) is 12.1 Å². The summed E-state index contributed by atoms with van der Waals surface area (Å²) in [6, 6.07) is 6.02. The zero-order chi connectivity index (χ0) is 12.3. The summed E-state index contributed by atoms with van der Waals surface area (Å²) >= 11 is 0. The first-order chi connectivity index (χ1) is 8.19. The SMILES string of the molecule is N/C(C[C@H]1CC(c2ccc(F)cc2)=NO1)=N/O. The van der Waals surface area contributed by atoms with Gasteiger partial charge >= 0.3 is 0 Å². The molecule has 1 aliphatic heterocycles. The molecule has 0 fully saturated rings. The Hall–Kier alpha value is -2.11. The molecule has 0 saturated heterocycles. The zero-order valence-electron chi connectivity index (χ0n) is 9.01. The molecule has 0 aromatic heterocycles. The predicted molar refractivity (Wildman–Crippen MR) is 60.5 cm³/mol. The Morgan fingerprint density at radius 1 is 1.53 bits per heavy atom. The van der Waals surface area contributed by atoms with Crippen LogP contribution in [0.3, 0.4) is 0 Å². The van der Waals surface area contributed by atoms with Crippen molar-refractivity contribution in [2.75, 3.05) is 0 Å². The summed E-state index contributed by atoms with van der Waals surface area (Å²) in [6.45, 7) is 0. The Morgan fingerprint density at radius 3 is 2.88 bits per heavy atom. The van der Waals surface area contributed by atoms with Crippen LogP contribution < -0.4 is 5.73 Å². The maximum absolute atomic E-state index is 12.7. The minimum atomic E-state index is -0.290. The van der Waals surface area contributed by atoms with Gasteiger partial charge in [0.1, 0.15) is 17.8 Å². The van der Waals surface area contributed by atoms with Crippen LogP contribution in [0.15, 0.2) is 34.6 Å². The maximum Gasteiger partial charge on any atom is 0.142 e. The van der Waals surface area contributed by atoms with Crippen LogP contribution in [-0.4, -0.2) is 22.9 Å². The number of nitrogens with zero attached hydrogens (tertiary/aromatic N) is 2. The highest BCUT2D eigenvalue weighted by Crippen LogP contribution is 2.19. The summed E-state index contributed by atoms with van der Waals surface area (Å²) in [5, 5.41) is 15.2. The highest BCUT2D eigenvalue weighted by Gasteiger charge is 2.23. The lowest BCUT2D eigenvalue weighted by Crippen LogP contribution is -2.20. The average molecular weight is 237 g/mol. The summed E-state index contributed by atoms with van der Waals surface area (Å²) in [6.07, 6.45) is 0.637. The van der Waals surface area contributed by atoms with E-state index in [2.05, 4.69) is 10.3 Å². The number of halogens is 1. The third kappa shape index (κ3) is 2.72. The second-order valence-electron chi connectivity index (χ2n) is 3.77. The third-order valence-corrected chi connectivity index (χ3v) is 2.48. The standard InChI is InChI=1S/C11H12FN3O2/c12-8-3-1-7(2-4-8)10-5-9(17-15-10)6-11(13)14-16/h1-4,9,16H,5-6H2,(H2,13,14)/t9-/m1/s1. The number of hydrogen-bond donors (Lipinski definition) is 2. The molecule has 1 atom stereocenters. The van der Waals surface area contributed by atoms with Crippen molar-refractivity contribution in [3.8, 4) is 0 Å². The van der Waals surface area contributed by atoms with E-state index in [1.54, 1.807) is 12.1 Å². The summed E-state index contributed by atoms with van der Waals surface area (Å²) in [4.78, 5) is 5.14. The van der Waals surface area contributed by atoms with Crippen LogP contribution in [-0.2, 0) is 4.84 Å². The molecular formula is C11H12FN3O2. The van der Waals surface area contributed by atoms with Gasteiger partial charge in [0.05, 0.1) is 5.71 Å². The molecule has 6 heteroatoms. The first-order valence-electron chi connectivity index (χ1n) is 5.14. The van der Waals surface area contributed by atoms with E-state index in [9.17, 15) is 4.39 Å². The zero-order valence-corrected chi connectivity index (χ0v) is 9.01. The summed E-state index contributed by atoms with van der Waals surface area (Å²) in [5.74, 6) is -0.188. The summed E-state index contributed by atoms with van der Waals surface area (Å²) in [7, 11) is 0. The van der Waals surface area contributed by atoms with Crippen LogP contribution in [0.2, 0.25) is 0 Å². The van der Waals surface area contributed by atoms with Crippen molar-refractivity contribution >= 4 is 11.5 Å². The van der Waals surface area contributed by atoms with Gasteiger partial charge in [-0.15, -0.1) is 0 Å². The van der Waals surface area contributed by atoms with Crippen LogP contribution in [0, 0.1) is 5.82 Å². The predicted octanol–water partition coefficient (Wildman–Crippen LogP) is 1.46. The van der Waals surface area contributed by atoms with Crippen molar-refractivity contribution in [2.24, 2.45) is 16.0 Å². The summed E-state index contributed by atoms with van der Waals surface area (Å²) < 4.78 is 12.7. The van der Waals surface area contributed by atoms with Gasteiger partial charge in [0, 0.05) is 12.8 Å². The second-order valence-corrected chi connectivity index (χ2v) is 3.77. The molecule has 17 heavy (non-hydrogen) atoms. The Kier molecular flexibility index (Phi) is 3.22. The molecule has 0 bridgehead atoms. The third-order valence-electron chi connectivity index (χ3n) is 2.48. The highest BCUT2D eigenvalue weighted by molar-refractivity contribution is 6.01. The van der Waals surface area contributed by atoms with Crippen molar-refractivity contribution in [2.45, 2.75) is 18.9 Å². The van der Waals surface area contributed by atoms with Gasteiger partial charge in [-0.1, -0.05) is 22.4 Å². The Bertz CT molecular complexity index is 456. The molecule has 5 nitrogen and oxygen atoms in total. The summed E-state index contributed by atoms with van der Waals surface area (Å²) in [5.41, 5.74) is 6.93.